The summed E-state index contributed by atoms with van der Waals surface area (Å²) in [5, 5.41) is 11.4. The summed E-state index contributed by atoms with van der Waals surface area (Å²) in [4.78, 5) is 33.4. The van der Waals surface area contributed by atoms with Gasteiger partial charge in [-0.1, -0.05) is 0 Å². The van der Waals surface area contributed by atoms with Gasteiger partial charge in [-0.2, -0.15) is 0 Å². The molecule has 1 aliphatic rings. The van der Waals surface area contributed by atoms with Crippen molar-refractivity contribution in [3.63, 3.8) is 0 Å². The van der Waals surface area contributed by atoms with Gasteiger partial charge in [0.2, 0.25) is 12.2 Å². The molecule has 0 aliphatic carbocycles. The first kappa shape index (κ1) is 17.3. The van der Waals surface area contributed by atoms with Crippen molar-refractivity contribution < 1.29 is 38.1 Å². The molecule has 0 saturated carbocycles. The molecule has 1 amide bonds. The van der Waals surface area contributed by atoms with Gasteiger partial charge in [-0.05, 0) is 0 Å². The van der Waals surface area contributed by atoms with Crippen LogP contribution in [0.25, 0.3) is 0 Å². The van der Waals surface area contributed by atoms with Crippen LogP contribution < -0.4 is 5.32 Å². The Morgan fingerprint density at radius 1 is 1.19 bits per heavy atom. The first-order valence-electron chi connectivity index (χ1n) is 6.28. The number of carbonyl (C=O) groups is 3. The van der Waals surface area contributed by atoms with E-state index in [2.05, 4.69) is 5.32 Å². The maximum absolute atomic E-state index is 14.2. The summed E-state index contributed by atoms with van der Waals surface area (Å²) in [7, 11) is 0. The lowest BCUT2D eigenvalue weighted by atomic mass is 9.97. The molecule has 1 fully saturated rings. The Kier molecular flexibility index (Phi) is 6.03. The van der Waals surface area contributed by atoms with Gasteiger partial charge in [0.15, 0.2) is 12.3 Å². The van der Waals surface area contributed by atoms with E-state index in [1.807, 2.05) is 0 Å². The molecular formula is C12H18FNO7. The molecule has 1 saturated heterocycles. The number of hydrogen-bond acceptors (Lipinski definition) is 7. The number of aliphatic hydroxyl groups excluding tert-OH is 1. The lowest BCUT2D eigenvalue weighted by Crippen LogP contribution is -2.64. The van der Waals surface area contributed by atoms with Crippen molar-refractivity contribution in [3.05, 3.63) is 0 Å². The molecule has 1 unspecified atom stereocenters. The van der Waals surface area contributed by atoms with Crippen LogP contribution in [0.2, 0.25) is 0 Å². The average Bonchev–Trinajstić information content (AvgIpc) is 2.35. The van der Waals surface area contributed by atoms with Crippen molar-refractivity contribution in [2.24, 2.45) is 0 Å². The molecule has 5 atom stereocenters. The smallest absolute Gasteiger partial charge is 0.305 e. The molecule has 1 aliphatic heterocycles. The highest BCUT2D eigenvalue weighted by atomic mass is 19.1. The number of amides is 1. The van der Waals surface area contributed by atoms with E-state index in [0.717, 1.165) is 13.8 Å². The third-order valence-corrected chi connectivity index (χ3v) is 2.76. The van der Waals surface area contributed by atoms with Crippen LogP contribution in [0.1, 0.15) is 20.8 Å². The quantitative estimate of drug-likeness (QED) is 0.643. The van der Waals surface area contributed by atoms with Crippen LogP contribution in [0, 0.1) is 0 Å². The molecule has 1 rings (SSSR count). The number of alkyl halides is 1. The zero-order valence-corrected chi connectivity index (χ0v) is 11.9. The lowest BCUT2D eigenvalue weighted by Gasteiger charge is -2.41. The summed E-state index contributed by atoms with van der Waals surface area (Å²) in [6, 6.07) is -1.21. The molecule has 0 radical (unpaired) electrons. The summed E-state index contributed by atoms with van der Waals surface area (Å²) >= 11 is 0. The van der Waals surface area contributed by atoms with Gasteiger partial charge in [0.05, 0.1) is 6.61 Å². The molecule has 0 bridgehead atoms. The predicted octanol–water partition coefficient (Wildman–Crippen LogP) is -0.959. The SMILES string of the molecule is CC(=O)N[C@H]1C(OC(C)=O)O[C@H](CO)[C@@H](F)[C@@H]1OC(C)=O. The topological polar surface area (TPSA) is 111 Å². The van der Waals surface area contributed by atoms with E-state index < -0.39 is 55.2 Å². The van der Waals surface area contributed by atoms with Crippen LogP contribution in [-0.2, 0) is 28.6 Å². The minimum Gasteiger partial charge on any atom is -0.457 e. The summed E-state index contributed by atoms with van der Waals surface area (Å²) in [5.74, 6) is -2.06. The van der Waals surface area contributed by atoms with E-state index in [9.17, 15) is 18.8 Å². The number of ether oxygens (including phenoxy) is 3. The van der Waals surface area contributed by atoms with Gasteiger partial charge in [-0.3, -0.25) is 14.4 Å². The number of aliphatic hydroxyl groups is 1. The highest BCUT2D eigenvalue weighted by Crippen LogP contribution is 2.27. The third-order valence-electron chi connectivity index (χ3n) is 2.76. The number of halogens is 1. The van der Waals surface area contributed by atoms with Gasteiger partial charge in [0.1, 0.15) is 12.1 Å². The second-order valence-corrected chi connectivity index (χ2v) is 4.58. The fourth-order valence-electron chi connectivity index (χ4n) is 2.02. The normalized spacial score (nSPS) is 32.1. The fraction of sp³-hybridized carbons (Fsp3) is 0.750. The minimum absolute atomic E-state index is 0.549. The molecule has 21 heavy (non-hydrogen) atoms. The van der Waals surface area contributed by atoms with Gasteiger partial charge >= 0.3 is 11.9 Å². The van der Waals surface area contributed by atoms with Crippen LogP contribution in [-0.4, -0.2) is 60.3 Å². The Labute approximate surface area is 120 Å². The Morgan fingerprint density at radius 3 is 2.19 bits per heavy atom. The Balaban J connectivity index is 3.05. The van der Waals surface area contributed by atoms with Crippen LogP contribution in [0.4, 0.5) is 4.39 Å². The van der Waals surface area contributed by atoms with Crippen LogP contribution in [0.5, 0.6) is 0 Å². The van der Waals surface area contributed by atoms with Crippen molar-refractivity contribution in [3.8, 4) is 0 Å². The molecule has 0 aromatic heterocycles. The number of esters is 2. The highest BCUT2D eigenvalue weighted by Gasteiger charge is 2.50. The number of nitrogens with one attached hydrogen (secondary N) is 1. The second-order valence-electron chi connectivity index (χ2n) is 4.58. The number of hydrogen-bond donors (Lipinski definition) is 2. The van der Waals surface area contributed by atoms with Crippen LogP contribution in [0.15, 0.2) is 0 Å². The van der Waals surface area contributed by atoms with Crippen molar-refractivity contribution in [2.45, 2.75) is 51.5 Å². The average molecular weight is 307 g/mol. The van der Waals surface area contributed by atoms with Gasteiger partial charge in [-0.15, -0.1) is 0 Å². The summed E-state index contributed by atoms with van der Waals surface area (Å²) in [6.07, 6.45) is -6.05. The first-order chi connectivity index (χ1) is 9.76. The Morgan fingerprint density at radius 2 is 1.76 bits per heavy atom. The van der Waals surface area contributed by atoms with E-state index in [0.29, 0.717) is 0 Å². The van der Waals surface area contributed by atoms with E-state index in [-0.39, 0.29) is 0 Å². The molecule has 0 aromatic rings. The maximum atomic E-state index is 14.2. The van der Waals surface area contributed by atoms with Gasteiger partial charge < -0.3 is 24.6 Å². The summed E-state index contributed by atoms with van der Waals surface area (Å²) in [5.41, 5.74) is 0. The number of carbonyl (C=O) groups excluding carboxylic acids is 3. The van der Waals surface area contributed by atoms with E-state index in [1.54, 1.807) is 0 Å². The predicted molar refractivity (Wildman–Crippen MR) is 65.6 cm³/mol. The highest BCUT2D eigenvalue weighted by molar-refractivity contribution is 5.73. The molecule has 0 aromatic carbocycles. The minimum atomic E-state index is -1.89. The van der Waals surface area contributed by atoms with Gasteiger partial charge in [0.25, 0.3) is 0 Å². The summed E-state index contributed by atoms with van der Waals surface area (Å²) in [6.45, 7) is 2.64. The fourth-order valence-corrected chi connectivity index (χ4v) is 2.02. The largest absolute Gasteiger partial charge is 0.457 e. The van der Waals surface area contributed by atoms with E-state index >= 15 is 0 Å². The lowest BCUT2D eigenvalue weighted by molar-refractivity contribution is -0.255. The summed E-state index contributed by atoms with van der Waals surface area (Å²) < 4.78 is 29.0. The van der Waals surface area contributed by atoms with Crippen molar-refractivity contribution in [2.75, 3.05) is 6.61 Å². The van der Waals surface area contributed by atoms with Crippen molar-refractivity contribution >= 4 is 17.8 Å². The molecule has 0 spiro atoms. The standard InChI is InChI=1S/C12H18FNO7/c1-5(16)14-10-11(19-6(2)17)9(13)8(4-15)21-12(10)20-7(3)18/h8-12,15H,4H2,1-3H3,(H,14,16)/t8-,9-,10-,11+,12?/m1/s1. The molecule has 1 heterocycles. The van der Waals surface area contributed by atoms with Crippen molar-refractivity contribution in [1.29, 1.82) is 0 Å². The Hall–Kier alpha value is -1.74. The third kappa shape index (κ3) is 4.64. The second kappa shape index (κ2) is 7.32. The first-order valence-corrected chi connectivity index (χ1v) is 6.28. The molecular weight excluding hydrogens is 289 g/mol. The zero-order valence-electron chi connectivity index (χ0n) is 11.9. The van der Waals surface area contributed by atoms with Crippen molar-refractivity contribution in [1.82, 2.24) is 5.32 Å². The molecule has 8 nitrogen and oxygen atoms in total. The van der Waals surface area contributed by atoms with E-state index in [1.165, 1.54) is 6.92 Å². The molecule has 2 N–H and O–H groups in total. The number of rotatable bonds is 4. The van der Waals surface area contributed by atoms with Crippen LogP contribution in [0.3, 0.4) is 0 Å². The van der Waals surface area contributed by atoms with Crippen LogP contribution >= 0.6 is 0 Å². The Bertz CT molecular complexity index is 416. The van der Waals surface area contributed by atoms with E-state index in [4.69, 9.17) is 19.3 Å². The maximum Gasteiger partial charge on any atom is 0.305 e. The van der Waals surface area contributed by atoms with Gasteiger partial charge in [0, 0.05) is 20.8 Å². The molecule has 9 heteroatoms. The molecule has 120 valence electrons. The monoisotopic (exact) mass is 307 g/mol. The zero-order chi connectivity index (χ0) is 16.2. The van der Waals surface area contributed by atoms with Gasteiger partial charge in [-0.25, -0.2) is 4.39 Å².